The van der Waals surface area contributed by atoms with E-state index in [1.54, 1.807) is 32.3 Å². The Morgan fingerprint density at radius 1 is 1.00 bits per heavy atom. The number of rotatable bonds is 0. The summed E-state index contributed by atoms with van der Waals surface area (Å²) in [6.45, 7) is 0. The SMILES string of the molecule is Cn1c(=O)c2ccc(Br)cc2c(=O)n1C. The molecule has 1 aromatic heterocycles. The first-order valence-electron chi connectivity index (χ1n) is 4.38. The van der Waals surface area contributed by atoms with Gasteiger partial charge in [0.15, 0.2) is 0 Å². The Morgan fingerprint density at radius 3 is 2.13 bits per heavy atom. The van der Waals surface area contributed by atoms with Gasteiger partial charge in [0.1, 0.15) is 0 Å². The van der Waals surface area contributed by atoms with Gasteiger partial charge in [-0.15, -0.1) is 0 Å². The lowest BCUT2D eigenvalue weighted by Crippen LogP contribution is -2.35. The van der Waals surface area contributed by atoms with Crippen LogP contribution in [0.5, 0.6) is 0 Å². The molecule has 0 unspecified atom stereocenters. The van der Waals surface area contributed by atoms with Crippen LogP contribution in [0.3, 0.4) is 0 Å². The molecule has 0 bridgehead atoms. The van der Waals surface area contributed by atoms with Crippen molar-refractivity contribution in [3.8, 4) is 0 Å². The maximum absolute atomic E-state index is 11.8. The molecule has 0 N–H and O–H groups in total. The smallest absolute Gasteiger partial charge is 0.267 e. The first-order chi connectivity index (χ1) is 7.02. The first kappa shape index (κ1) is 10.2. The highest BCUT2D eigenvalue weighted by Crippen LogP contribution is 2.13. The van der Waals surface area contributed by atoms with Crippen molar-refractivity contribution in [2.75, 3.05) is 0 Å². The van der Waals surface area contributed by atoms with Gasteiger partial charge in [-0.05, 0) is 18.2 Å². The van der Waals surface area contributed by atoms with Crippen LogP contribution in [0.4, 0.5) is 0 Å². The first-order valence-corrected chi connectivity index (χ1v) is 5.17. The van der Waals surface area contributed by atoms with Crippen molar-refractivity contribution in [2.24, 2.45) is 14.1 Å². The van der Waals surface area contributed by atoms with E-state index in [0.717, 1.165) is 4.47 Å². The molecular weight excluding hydrogens is 260 g/mol. The number of hydrogen-bond donors (Lipinski definition) is 0. The second kappa shape index (κ2) is 3.34. The highest BCUT2D eigenvalue weighted by molar-refractivity contribution is 9.10. The van der Waals surface area contributed by atoms with E-state index in [9.17, 15) is 9.59 Å². The summed E-state index contributed by atoms with van der Waals surface area (Å²) >= 11 is 3.28. The molecule has 15 heavy (non-hydrogen) atoms. The molecule has 4 nitrogen and oxygen atoms in total. The second-order valence-electron chi connectivity index (χ2n) is 3.35. The van der Waals surface area contributed by atoms with Crippen LogP contribution in [0.1, 0.15) is 0 Å². The van der Waals surface area contributed by atoms with Crippen LogP contribution in [0, 0.1) is 0 Å². The molecule has 5 heteroatoms. The summed E-state index contributed by atoms with van der Waals surface area (Å²) in [7, 11) is 3.15. The zero-order valence-corrected chi connectivity index (χ0v) is 9.91. The van der Waals surface area contributed by atoms with Gasteiger partial charge in [0.2, 0.25) is 0 Å². The minimum atomic E-state index is -0.173. The van der Waals surface area contributed by atoms with Gasteiger partial charge >= 0.3 is 0 Å². The summed E-state index contributed by atoms with van der Waals surface area (Å²) in [6.07, 6.45) is 0. The fourth-order valence-electron chi connectivity index (χ4n) is 1.50. The summed E-state index contributed by atoms with van der Waals surface area (Å²) in [5.41, 5.74) is -0.340. The van der Waals surface area contributed by atoms with Crippen molar-refractivity contribution >= 4 is 26.7 Å². The Bertz CT molecular complexity index is 655. The summed E-state index contributed by atoms with van der Waals surface area (Å²) in [4.78, 5) is 23.6. The van der Waals surface area contributed by atoms with Crippen LogP contribution in [-0.2, 0) is 14.1 Å². The highest BCUT2D eigenvalue weighted by atomic mass is 79.9. The highest BCUT2D eigenvalue weighted by Gasteiger charge is 2.07. The number of nitrogens with zero attached hydrogens (tertiary/aromatic N) is 2. The van der Waals surface area contributed by atoms with Gasteiger partial charge in [0, 0.05) is 18.6 Å². The van der Waals surface area contributed by atoms with Crippen molar-refractivity contribution in [1.29, 1.82) is 0 Å². The zero-order chi connectivity index (χ0) is 11.2. The van der Waals surface area contributed by atoms with E-state index in [-0.39, 0.29) is 11.1 Å². The molecule has 0 aliphatic heterocycles. The third-order valence-electron chi connectivity index (χ3n) is 2.48. The Morgan fingerprint density at radius 2 is 1.53 bits per heavy atom. The van der Waals surface area contributed by atoms with Gasteiger partial charge in [0.25, 0.3) is 11.1 Å². The van der Waals surface area contributed by atoms with E-state index in [0.29, 0.717) is 10.8 Å². The minimum absolute atomic E-state index is 0.167. The van der Waals surface area contributed by atoms with Crippen LogP contribution < -0.4 is 11.1 Å². The standard InChI is InChI=1S/C10H9BrN2O2/c1-12-9(14)7-4-3-6(11)5-8(7)10(15)13(12)2/h3-5H,1-2H3. The normalized spacial score (nSPS) is 10.9. The molecule has 0 aliphatic rings. The lowest BCUT2D eigenvalue weighted by Gasteiger charge is -2.07. The molecule has 0 spiro atoms. The lowest BCUT2D eigenvalue weighted by atomic mass is 10.2. The molecule has 0 saturated heterocycles. The number of halogens is 1. The van der Waals surface area contributed by atoms with Crippen LogP contribution >= 0.6 is 15.9 Å². The fraction of sp³-hybridized carbons (Fsp3) is 0.200. The van der Waals surface area contributed by atoms with Gasteiger partial charge in [-0.3, -0.25) is 19.0 Å². The van der Waals surface area contributed by atoms with Gasteiger partial charge in [0.05, 0.1) is 10.8 Å². The third kappa shape index (κ3) is 1.43. The molecule has 0 aliphatic carbocycles. The molecule has 0 radical (unpaired) electrons. The molecule has 0 fully saturated rings. The maximum atomic E-state index is 11.8. The zero-order valence-electron chi connectivity index (χ0n) is 8.32. The maximum Gasteiger partial charge on any atom is 0.273 e. The lowest BCUT2D eigenvalue weighted by molar-refractivity contribution is 0.543. The second-order valence-corrected chi connectivity index (χ2v) is 4.26. The number of fused-ring (bicyclic) bond motifs is 1. The van der Waals surface area contributed by atoms with Crippen molar-refractivity contribution in [3.63, 3.8) is 0 Å². The van der Waals surface area contributed by atoms with Crippen LogP contribution in [-0.4, -0.2) is 9.36 Å². The predicted molar refractivity (Wildman–Crippen MR) is 62.1 cm³/mol. The van der Waals surface area contributed by atoms with Gasteiger partial charge in [-0.2, -0.15) is 0 Å². The molecule has 2 aromatic rings. The third-order valence-corrected chi connectivity index (χ3v) is 2.97. The quantitative estimate of drug-likeness (QED) is 0.716. The average Bonchev–Trinajstić information content (AvgIpc) is 2.23. The Kier molecular flexibility index (Phi) is 2.26. The van der Waals surface area contributed by atoms with Crippen molar-refractivity contribution in [1.82, 2.24) is 9.36 Å². The summed E-state index contributed by atoms with van der Waals surface area (Å²) in [5.74, 6) is 0. The van der Waals surface area contributed by atoms with E-state index < -0.39 is 0 Å². The Balaban J connectivity index is 3.15. The Hall–Kier alpha value is -1.36. The van der Waals surface area contributed by atoms with Crippen molar-refractivity contribution < 1.29 is 0 Å². The molecule has 0 saturated carbocycles. The van der Waals surface area contributed by atoms with E-state index >= 15 is 0 Å². The molecule has 1 heterocycles. The van der Waals surface area contributed by atoms with Crippen LogP contribution in [0.15, 0.2) is 32.3 Å². The molecule has 2 rings (SSSR count). The van der Waals surface area contributed by atoms with Crippen LogP contribution in [0.2, 0.25) is 0 Å². The number of benzene rings is 1. The van der Waals surface area contributed by atoms with Crippen molar-refractivity contribution in [3.05, 3.63) is 43.4 Å². The van der Waals surface area contributed by atoms with Gasteiger partial charge < -0.3 is 0 Å². The average molecular weight is 269 g/mol. The van der Waals surface area contributed by atoms with Crippen LogP contribution in [0.25, 0.3) is 10.8 Å². The summed E-state index contributed by atoms with van der Waals surface area (Å²) < 4.78 is 3.40. The molecule has 0 atom stereocenters. The van der Waals surface area contributed by atoms with Gasteiger partial charge in [-0.25, -0.2) is 0 Å². The van der Waals surface area contributed by atoms with E-state index in [2.05, 4.69) is 15.9 Å². The largest absolute Gasteiger partial charge is 0.273 e. The summed E-state index contributed by atoms with van der Waals surface area (Å²) in [6, 6.07) is 5.07. The number of hydrogen-bond acceptors (Lipinski definition) is 2. The minimum Gasteiger partial charge on any atom is -0.267 e. The summed E-state index contributed by atoms with van der Waals surface area (Å²) in [5, 5.41) is 0.888. The molecule has 1 aromatic carbocycles. The van der Waals surface area contributed by atoms with Gasteiger partial charge in [-0.1, -0.05) is 15.9 Å². The molecule has 78 valence electrons. The van der Waals surface area contributed by atoms with E-state index in [1.807, 2.05) is 0 Å². The molecule has 0 amide bonds. The molecular formula is C10H9BrN2O2. The predicted octanol–water partition coefficient (Wildman–Crippen LogP) is 1.000. The van der Waals surface area contributed by atoms with E-state index in [4.69, 9.17) is 0 Å². The topological polar surface area (TPSA) is 44.0 Å². The monoisotopic (exact) mass is 268 g/mol. The van der Waals surface area contributed by atoms with Crippen molar-refractivity contribution in [2.45, 2.75) is 0 Å². The number of aromatic nitrogens is 2. The Labute approximate surface area is 93.9 Å². The van der Waals surface area contributed by atoms with E-state index in [1.165, 1.54) is 9.36 Å². The fourth-order valence-corrected chi connectivity index (χ4v) is 1.86.